The number of hydrogen-bond donors (Lipinski definition) is 0. The first-order chi connectivity index (χ1) is 14.5. The molecule has 3 aliphatic carbocycles. The molecule has 0 amide bonds. The molecule has 7 atom stereocenters. The van der Waals surface area contributed by atoms with Crippen LogP contribution in [0.4, 0.5) is 0 Å². The van der Waals surface area contributed by atoms with Gasteiger partial charge in [-0.3, -0.25) is 9.59 Å². The number of carbonyl (C=O) groups is 3. The second-order valence-electron chi connectivity index (χ2n) is 10.8. The Morgan fingerprint density at radius 3 is 2.52 bits per heavy atom. The average molecular weight is 429 g/mol. The van der Waals surface area contributed by atoms with Gasteiger partial charge in [0.1, 0.15) is 5.78 Å². The molecule has 0 saturated heterocycles. The summed E-state index contributed by atoms with van der Waals surface area (Å²) in [4.78, 5) is 36.8. The number of ether oxygens (including phenoxy) is 1. The van der Waals surface area contributed by atoms with Crippen LogP contribution in [0.5, 0.6) is 0 Å². The van der Waals surface area contributed by atoms with Crippen LogP contribution in [0.15, 0.2) is 23.8 Å². The third-order valence-electron chi connectivity index (χ3n) is 9.26. The Bertz CT molecular complexity index is 793. The van der Waals surface area contributed by atoms with Gasteiger partial charge in [-0.15, -0.1) is 0 Å². The molecular formula is C27H40O4. The normalized spacial score (nSPS) is 39.2. The van der Waals surface area contributed by atoms with Crippen LogP contribution in [0.25, 0.3) is 0 Å². The van der Waals surface area contributed by atoms with E-state index in [4.69, 9.17) is 4.74 Å². The Kier molecular flexibility index (Phi) is 6.98. The van der Waals surface area contributed by atoms with Gasteiger partial charge in [-0.25, -0.2) is 4.79 Å². The minimum Gasteiger partial charge on any atom is -0.463 e. The van der Waals surface area contributed by atoms with Gasteiger partial charge in [-0.2, -0.15) is 0 Å². The molecule has 3 unspecified atom stereocenters. The van der Waals surface area contributed by atoms with E-state index in [1.165, 1.54) is 0 Å². The zero-order chi connectivity index (χ0) is 23.0. The Labute approximate surface area is 187 Å². The number of esters is 1. The number of Topliss-reactive ketones (excluding diaryl/α,β-unsaturated/α-hetero) is 1. The van der Waals surface area contributed by atoms with Crippen molar-refractivity contribution in [2.24, 2.45) is 40.4 Å². The zero-order valence-electron chi connectivity index (χ0n) is 20.2. The Balaban J connectivity index is 1.86. The van der Waals surface area contributed by atoms with E-state index in [2.05, 4.69) is 27.7 Å². The third kappa shape index (κ3) is 4.32. The first-order valence-electron chi connectivity index (χ1n) is 12.1. The molecule has 0 aromatic heterocycles. The summed E-state index contributed by atoms with van der Waals surface area (Å²) in [6, 6.07) is 0. The molecule has 0 bridgehead atoms. The molecule has 0 radical (unpaired) electrons. The van der Waals surface area contributed by atoms with Gasteiger partial charge in [0.05, 0.1) is 6.61 Å². The van der Waals surface area contributed by atoms with Crippen LogP contribution in [0, 0.1) is 40.4 Å². The first-order valence-corrected chi connectivity index (χ1v) is 12.1. The summed E-state index contributed by atoms with van der Waals surface area (Å²) >= 11 is 0. The van der Waals surface area contributed by atoms with Crippen molar-refractivity contribution >= 4 is 17.5 Å². The second kappa shape index (κ2) is 9.03. The molecule has 172 valence electrons. The summed E-state index contributed by atoms with van der Waals surface area (Å²) < 4.78 is 5.05. The van der Waals surface area contributed by atoms with Gasteiger partial charge in [0.25, 0.3) is 0 Å². The average Bonchev–Trinajstić information content (AvgIpc) is 3.05. The molecular weight excluding hydrogens is 388 g/mol. The monoisotopic (exact) mass is 428 g/mol. The summed E-state index contributed by atoms with van der Waals surface area (Å²) in [7, 11) is 0. The zero-order valence-corrected chi connectivity index (χ0v) is 20.2. The van der Waals surface area contributed by atoms with E-state index in [1.54, 1.807) is 13.0 Å². The molecule has 4 heteroatoms. The van der Waals surface area contributed by atoms with Crippen molar-refractivity contribution < 1.29 is 19.1 Å². The van der Waals surface area contributed by atoms with Crippen molar-refractivity contribution in [1.29, 1.82) is 0 Å². The van der Waals surface area contributed by atoms with Gasteiger partial charge < -0.3 is 4.74 Å². The van der Waals surface area contributed by atoms with Crippen LogP contribution in [-0.2, 0) is 19.1 Å². The SMILES string of the molecule is CCOC(=O)/C=C/[C@@H](C)[C@H]1CCC2C(C(C)=O)C([C@@]3(C)CCC(=O)C=C3C)CC[C@@]21C. The maximum absolute atomic E-state index is 13.1. The van der Waals surface area contributed by atoms with E-state index in [9.17, 15) is 14.4 Å². The van der Waals surface area contributed by atoms with Crippen LogP contribution in [0.2, 0.25) is 0 Å². The van der Waals surface area contributed by atoms with Crippen molar-refractivity contribution in [2.45, 2.75) is 80.1 Å². The van der Waals surface area contributed by atoms with Crippen molar-refractivity contribution in [2.75, 3.05) is 6.61 Å². The number of hydrogen-bond acceptors (Lipinski definition) is 4. The van der Waals surface area contributed by atoms with Gasteiger partial charge in [0.15, 0.2) is 5.78 Å². The van der Waals surface area contributed by atoms with Crippen LogP contribution in [0.3, 0.4) is 0 Å². The van der Waals surface area contributed by atoms with Crippen molar-refractivity contribution in [3.63, 3.8) is 0 Å². The van der Waals surface area contributed by atoms with E-state index < -0.39 is 0 Å². The summed E-state index contributed by atoms with van der Waals surface area (Å²) in [5.74, 6) is 1.70. The van der Waals surface area contributed by atoms with Crippen LogP contribution in [0.1, 0.15) is 80.1 Å². The van der Waals surface area contributed by atoms with Crippen LogP contribution in [-0.4, -0.2) is 24.1 Å². The Morgan fingerprint density at radius 1 is 1.19 bits per heavy atom. The highest BCUT2D eigenvalue weighted by Gasteiger charge is 2.58. The topological polar surface area (TPSA) is 60.4 Å². The predicted molar refractivity (Wildman–Crippen MR) is 122 cm³/mol. The number of ketones is 2. The molecule has 31 heavy (non-hydrogen) atoms. The highest BCUT2D eigenvalue weighted by atomic mass is 16.5. The highest BCUT2D eigenvalue weighted by Crippen LogP contribution is 2.64. The molecule has 3 aliphatic rings. The maximum Gasteiger partial charge on any atom is 0.330 e. The van der Waals surface area contributed by atoms with Gasteiger partial charge >= 0.3 is 5.97 Å². The first kappa shape index (κ1) is 23.9. The molecule has 2 fully saturated rings. The fourth-order valence-electron chi connectivity index (χ4n) is 7.42. The maximum atomic E-state index is 13.1. The third-order valence-corrected chi connectivity index (χ3v) is 9.26. The van der Waals surface area contributed by atoms with Gasteiger partial charge in [-0.1, -0.05) is 32.4 Å². The summed E-state index contributed by atoms with van der Waals surface area (Å²) in [6.07, 6.45) is 11.1. The standard InChI is InChI=1S/C27H40O4/c1-7-31-24(30)11-8-17(2)21-9-10-22-25(19(4)28)23(13-15-27(21,22)6)26(5)14-12-20(29)16-18(26)3/h8,11,16-17,21-23,25H,7,9-10,12-15H2,1-6H3/b11-8+/t17-,21-,22?,23?,25?,26+,27-/m1/s1. The fourth-order valence-corrected chi connectivity index (χ4v) is 7.42. The summed E-state index contributed by atoms with van der Waals surface area (Å²) in [5, 5.41) is 0. The molecule has 0 aromatic carbocycles. The molecule has 2 saturated carbocycles. The van der Waals surface area contributed by atoms with E-state index in [0.717, 1.165) is 37.7 Å². The minimum absolute atomic E-state index is 0.0477. The number of carbonyl (C=O) groups excluding carboxylic acids is 3. The van der Waals surface area contributed by atoms with Crippen molar-refractivity contribution in [3.8, 4) is 0 Å². The number of rotatable bonds is 6. The smallest absolute Gasteiger partial charge is 0.330 e. The lowest BCUT2D eigenvalue weighted by Crippen LogP contribution is -2.50. The molecule has 0 aliphatic heterocycles. The van der Waals surface area contributed by atoms with Gasteiger partial charge in [-0.05, 0) is 93.5 Å². The van der Waals surface area contributed by atoms with E-state index >= 15 is 0 Å². The molecule has 0 heterocycles. The Morgan fingerprint density at radius 2 is 1.90 bits per heavy atom. The number of allylic oxidation sites excluding steroid dienone is 3. The van der Waals surface area contributed by atoms with E-state index in [1.807, 2.05) is 19.1 Å². The number of fused-ring (bicyclic) bond motifs is 1. The molecule has 4 nitrogen and oxygen atoms in total. The lowest BCUT2D eigenvalue weighted by molar-refractivity contribution is -0.137. The van der Waals surface area contributed by atoms with Crippen LogP contribution >= 0.6 is 0 Å². The largest absolute Gasteiger partial charge is 0.463 e. The van der Waals surface area contributed by atoms with Gasteiger partial charge in [0, 0.05) is 18.4 Å². The van der Waals surface area contributed by atoms with Gasteiger partial charge in [0.2, 0.25) is 0 Å². The Hall–Kier alpha value is -1.71. The van der Waals surface area contributed by atoms with Crippen molar-refractivity contribution in [3.05, 3.63) is 23.8 Å². The fraction of sp³-hybridized carbons (Fsp3) is 0.741. The predicted octanol–water partition coefficient (Wildman–Crippen LogP) is 5.71. The van der Waals surface area contributed by atoms with Crippen LogP contribution < -0.4 is 0 Å². The molecule has 0 N–H and O–H groups in total. The second-order valence-corrected chi connectivity index (χ2v) is 10.8. The van der Waals surface area contributed by atoms with Crippen molar-refractivity contribution in [1.82, 2.24) is 0 Å². The lowest BCUT2D eigenvalue weighted by Gasteiger charge is -2.54. The summed E-state index contributed by atoms with van der Waals surface area (Å²) in [5.41, 5.74) is 1.19. The summed E-state index contributed by atoms with van der Waals surface area (Å²) in [6.45, 7) is 12.9. The van der Waals surface area contributed by atoms with E-state index in [-0.39, 0.29) is 34.4 Å². The molecule has 0 spiro atoms. The molecule has 3 rings (SSSR count). The highest BCUT2D eigenvalue weighted by molar-refractivity contribution is 5.91. The minimum atomic E-state index is -0.276. The quantitative estimate of drug-likeness (QED) is 0.402. The van der Waals surface area contributed by atoms with E-state index in [0.29, 0.717) is 36.6 Å². The lowest BCUT2D eigenvalue weighted by atomic mass is 9.49. The molecule has 0 aromatic rings.